The number of hydrogen-bond acceptors (Lipinski definition) is 3. The SMILES string of the molecule is C[C@H](O)C[C@H]1[C@H](O)[C@H](O)C[Si]1(c1ccccc1)c1ccccc1. The molecule has 3 rings (SSSR count). The van der Waals surface area contributed by atoms with Crippen molar-refractivity contribution in [2.75, 3.05) is 0 Å². The molecule has 3 nitrogen and oxygen atoms in total. The van der Waals surface area contributed by atoms with Crippen LogP contribution in [0.25, 0.3) is 0 Å². The lowest BCUT2D eigenvalue weighted by atomic mass is 10.1. The van der Waals surface area contributed by atoms with E-state index in [4.69, 9.17) is 0 Å². The van der Waals surface area contributed by atoms with Crippen LogP contribution in [0.2, 0.25) is 11.6 Å². The Labute approximate surface area is 138 Å². The summed E-state index contributed by atoms with van der Waals surface area (Å²) in [6.07, 6.45) is -1.50. The third kappa shape index (κ3) is 2.88. The average molecular weight is 328 g/mol. The number of rotatable bonds is 4. The highest BCUT2D eigenvalue weighted by Crippen LogP contribution is 2.42. The van der Waals surface area contributed by atoms with Crippen LogP contribution in [-0.4, -0.2) is 41.7 Å². The predicted octanol–water partition coefficient (Wildman–Crippen LogP) is 1.13. The second kappa shape index (κ2) is 6.57. The molecular weight excluding hydrogens is 304 g/mol. The smallest absolute Gasteiger partial charge is 0.126 e. The Kier molecular flexibility index (Phi) is 4.68. The minimum atomic E-state index is -2.36. The summed E-state index contributed by atoms with van der Waals surface area (Å²) in [5, 5.41) is 33.5. The van der Waals surface area contributed by atoms with Gasteiger partial charge in [0.15, 0.2) is 0 Å². The zero-order valence-corrected chi connectivity index (χ0v) is 14.3. The first-order chi connectivity index (χ1) is 11.1. The Morgan fingerprint density at radius 2 is 1.43 bits per heavy atom. The lowest BCUT2D eigenvalue weighted by Gasteiger charge is -2.36. The molecule has 1 saturated heterocycles. The van der Waals surface area contributed by atoms with Crippen molar-refractivity contribution in [1.29, 1.82) is 0 Å². The van der Waals surface area contributed by atoms with Crippen LogP contribution in [0, 0.1) is 0 Å². The van der Waals surface area contributed by atoms with Gasteiger partial charge in [0, 0.05) is 0 Å². The zero-order chi connectivity index (χ0) is 16.4. The summed E-state index contributed by atoms with van der Waals surface area (Å²) in [6.45, 7) is 1.76. The molecule has 0 unspecified atom stereocenters. The monoisotopic (exact) mass is 328 g/mol. The van der Waals surface area contributed by atoms with Crippen LogP contribution in [0.1, 0.15) is 13.3 Å². The summed E-state index contributed by atoms with van der Waals surface area (Å²) in [5.41, 5.74) is -0.0951. The maximum atomic E-state index is 10.6. The standard InChI is InChI=1S/C19H24O3Si/c1-14(20)12-18-19(22)17(21)13-23(18,15-8-4-2-5-9-15)16-10-6-3-7-11-16/h2-11,14,17-22H,12-13H2,1H3/t14-,17+,18-,19+/m0/s1. The Bertz CT molecular complexity index is 590. The van der Waals surface area contributed by atoms with Crippen LogP contribution in [0.3, 0.4) is 0 Å². The molecule has 23 heavy (non-hydrogen) atoms. The van der Waals surface area contributed by atoms with Gasteiger partial charge in [0.25, 0.3) is 0 Å². The van der Waals surface area contributed by atoms with E-state index in [9.17, 15) is 15.3 Å². The van der Waals surface area contributed by atoms with Gasteiger partial charge in [-0.2, -0.15) is 0 Å². The third-order valence-electron chi connectivity index (χ3n) is 5.14. The maximum Gasteiger partial charge on any atom is 0.126 e. The van der Waals surface area contributed by atoms with Crippen molar-refractivity contribution in [2.45, 2.75) is 43.2 Å². The van der Waals surface area contributed by atoms with Crippen LogP contribution in [0.15, 0.2) is 60.7 Å². The normalized spacial score (nSPS) is 27.7. The van der Waals surface area contributed by atoms with E-state index in [1.165, 1.54) is 10.4 Å². The third-order valence-corrected chi connectivity index (χ3v) is 10.8. The Morgan fingerprint density at radius 1 is 0.957 bits per heavy atom. The average Bonchev–Trinajstić information content (AvgIpc) is 2.82. The van der Waals surface area contributed by atoms with Crippen LogP contribution in [0.5, 0.6) is 0 Å². The lowest BCUT2D eigenvalue weighted by Crippen LogP contribution is -2.60. The molecule has 4 atom stereocenters. The van der Waals surface area contributed by atoms with Gasteiger partial charge in [0.2, 0.25) is 0 Å². The van der Waals surface area contributed by atoms with E-state index in [0.717, 1.165) is 0 Å². The first-order valence-electron chi connectivity index (χ1n) is 8.21. The van der Waals surface area contributed by atoms with Gasteiger partial charge >= 0.3 is 0 Å². The van der Waals surface area contributed by atoms with Gasteiger partial charge in [-0.15, -0.1) is 0 Å². The van der Waals surface area contributed by atoms with Gasteiger partial charge in [-0.05, 0) is 24.9 Å². The van der Waals surface area contributed by atoms with Gasteiger partial charge in [-0.1, -0.05) is 71.0 Å². The first kappa shape index (κ1) is 16.4. The molecule has 0 radical (unpaired) electrons. The maximum absolute atomic E-state index is 10.6. The number of benzene rings is 2. The molecular formula is C19H24O3Si. The van der Waals surface area contributed by atoms with Crippen molar-refractivity contribution < 1.29 is 15.3 Å². The summed E-state index contributed by atoms with van der Waals surface area (Å²) >= 11 is 0. The van der Waals surface area contributed by atoms with Gasteiger partial charge in [-0.3, -0.25) is 0 Å². The lowest BCUT2D eigenvalue weighted by molar-refractivity contribution is 0.0302. The largest absolute Gasteiger partial charge is 0.393 e. The predicted molar refractivity (Wildman–Crippen MR) is 94.8 cm³/mol. The molecule has 0 bridgehead atoms. The molecule has 2 aromatic rings. The molecule has 1 heterocycles. The molecule has 0 aromatic heterocycles. The van der Waals surface area contributed by atoms with Crippen molar-refractivity contribution in [3.8, 4) is 0 Å². The molecule has 2 aromatic carbocycles. The molecule has 0 aliphatic carbocycles. The van der Waals surface area contributed by atoms with E-state index in [2.05, 4.69) is 24.3 Å². The molecule has 0 spiro atoms. The van der Waals surface area contributed by atoms with Gasteiger partial charge in [0.05, 0.1) is 18.3 Å². The fraction of sp³-hybridized carbons (Fsp3) is 0.368. The molecule has 1 aliphatic rings. The van der Waals surface area contributed by atoms with E-state index < -0.39 is 26.4 Å². The highest BCUT2D eigenvalue weighted by molar-refractivity contribution is 7.04. The van der Waals surface area contributed by atoms with E-state index in [1.807, 2.05) is 36.4 Å². The van der Waals surface area contributed by atoms with Crippen molar-refractivity contribution in [1.82, 2.24) is 0 Å². The molecule has 0 amide bonds. The summed E-state index contributed by atoms with van der Waals surface area (Å²) in [7, 11) is -2.36. The number of hydrogen-bond donors (Lipinski definition) is 3. The van der Waals surface area contributed by atoms with Crippen LogP contribution >= 0.6 is 0 Å². The molecule has 1 fully saturated rings. The molecule has 0 saturated carbocycles. The summed E-state index contributed by atoms with van der Waals surface area (Å²) in [6, 6.07) is 21.1. The van der Waals surface area contributed by atoms with Gasteiger partial charge in [-0.25, -0.2) is 0 Å². The molecule has 3 N–H and O–H groups in total. The van der Waals surface area contributed by atoms with Crippen LogP contribution < -0.4 is 10.4 Å². The zero-order valence-electron chi connectivity index (χ0n) is 13.3. The number of aliphatic hydroxyl groups is 3. The van der Waals surface area contributed by atoms with E-state index in [1.54, 1.807) is 6.92 Å². The molecule has 122 valence electrons. The minimum absolute atomic E-state index is 0.0951. The molecule has 4 heteroatoms. The van der Waals surface area contributed by atoms with Crippen molar-refractivity contribution in [3.05, 3.63) is 60.7 Å². The summed E-state index contributed by atoms with van der Waals surface area (Å²) in [4.78, 5) is 0. The molecule has 1 aliphatic heterocycles. The summed E-state index contributed by atoms with van der Waals surface area (Å²) < 4.78 is 0. The van der Waals surface area contributed by atoms with Crippen molar-refractivity contribution in [2.24, 2.45) is 0 Å². The fourth-order valence-corrected chi connectivity index (χ4v) is 10.2. The fourth-order valence-electron chi connectivity index (χ4n) is 4.17. The second-order valence-corrected chi connectivity index (χ2v) is 10.9. The van der Waals surface area contributed by atoms with Crippen LogP contribution in [0.4, 0.5) is 0 Å². The highest BCUT2D eigenvalue weighted by atomic mass is 28.3. The quantitative estimate of drug-likeness (QED) is 0.737. The first-order valence-corrected chi connectivity index (χ1v) is 10.5. The second-order valence-electron chi connectivity index (χ2n) is 6.66. The van der Waals surface area contributed by atoms with Crippen molar-refractivity contribution in [3.63, 3.8) is 0 Å². The summed E-state index contributed by atoms with van der Waals surface area (Å²) in [5.74, 6) is 0. The van der Waals surface area contributed by atoms with E-state index in [0.29, 0.717) is 12.5 Å². The number of aliphatic hydroxyl groups excluding tert-OH is 3. The Hall–Kier alpha value is -1.46. The van der Waals surface area contributed by atoms with E-state index in [-0.39, 0.29) is 5.54 Å². The van der Waals surface area contributed by atoms with E-state index >= 15 is 0 Å². The topological polar surface area (TPSA) is 60.7 Å². The van der Waals surface area contributed by atoms with Gasteiger partial charge < -0.3 is 15.3 Å². The highest BCUT2D eigenvalue weighted by Gasteiger charge is 2.56. The van der Waals surface area contributed by atoms with Crippen LogP contribution in [-0.2, 0) is 0 Å². The Morgan fingerprint density at radius 3 is 1.87 bits per heavy atom. The minimum Gasteiger partial charge on any atom is -0.393 e. The Balaban J connectivity index is 2.19. The van der Waals surface area contributed by atoms with Crippen molar-refractivity contribution >= 4 is 18.4 Å². The van der Waals surface area contributed by atoms with Gasteiger partial charge in [0.1, 0.15) is 8.07 Å².